The number of hydrogen-bond acceptors (Lipinski definition) is 2. The zero-order chi connectivity index (χ0) is 20.1. The van der Waals surface area contributed by atoms with Crippen LogP contribution in [0.5, 0.6) is 0 Å². The highest BCUT2D eigenvalue weighted by Gasteiger charge is 2.61. The Hall–Kier alpha value is -0.0800. The molecule has 4 rings (SSSR count). The van der Waals surface area contributed by atoms with Gasteiger partial charge in [-0.2, -0.15) is 0 Å². The van der Waals surface area contributed by atoms with Gasteiger partial charge >= 0.3 is 0 Å². The average Bonchev–Trinajstić information content (AvgIpc) is 2.97. The fourth-order valence-electron chi connectivity index (χ4n) is 8.80. The van der Waals surface area contributed by atoms with Crippen molar-refractivity contribution in [1.29, 1.82) is 0 Å². The van der Waals surface area contributed by atoms with Gasteiger partial charge in [-0.1, -0.05) is 47.0 Å². The minimum Gasteiger partial charge on any atom is -0.393 e. The molecular weight excluding hydrogens is 344 g/mol. The van der Waals surface area contributed by atoms with Gasteiger partial charge in [0, 0.05) is 0 Å². The predicted molar refractivity (Wildman–Crippen MR) is 116 cm³/mol. The molecule has 0 radical (unpaired) electrons. The first-order chi connectivity index (χ1) is 13.3. The third-order valence-corrected chi connectivity index (χ3v) is 10.4. The van der Waals surface area contributed by atoms with Crippen LogP contribution in [0.3, 0.4) is 0 Å². The fourth-order valence-corrected chi connectivity index (χ4v) is 8.80. The van der Waals surface area contributed by atoms with Crippen molar-refractivity contribution in [2.24, 2.45) is 46.3 Å². The number of rotatable bonds is 5. The number of hydrogen-bond donors (Lipinski definition) is 2. The second-order valence-corrected chi connectivity index (χ2v) is 12.2. The maximum atomic E-state index is 11.1. The number of fused-ring (bicyclic) bond motifs is 5. The molecule has 0 amide bonds. The average molecular weight is 391 g/mol. The van der Waals surface area contributed by atoms with Crippen LogP contribution in [-0.2, 0) is 0 Å². The molecule has 4 aliphatic carbocycles. The Bertz CT molecular complexity index is 545. The summed E-state index contributed by atoms with van der Waals surface area (Å²) in [4.78, 5) is 0. The first-order valence-electron chi connectivity index (χ1n) is 12.6. The standard InChI is InChI=1S/C26H46O2/c1-17(2)7-5-6-8-18-9-10-21-20-16-24(28)23-15-19(27)11-13-26(23,4)22(20)12-14-25(18,21)3/h17-24,27-28H,5-16H2,1-4H3. The van der Waals surface area contributed by atoms with E-state index in [2.05, 4.69) is 27.7 Å². The highest BCUT2D eigenvalue weighted by Crippen LogP contribution is 2.67. The van der Waals surface area contributed by atoms with E-state index < -0.39 is 0 Å². The largest absolute Gasteiger partial charge is 0.393 e. The lowest BCUT2D eigenvalue weighted by molar-refractivity contribution is -0.171. The first-order valence-corrected chi connectivity index (χ1v) is 12.6. The summed E-state index contributed by atoms with van der Waals surface area (Å²) in [5, 5.41) is 21.3. The summed E-state index contributed by atoms with van der Waals surface area (Å²) in [6.07, 6.45) is 14.8. The van der Waals surface area contributed by atoms with Gasteiger partial charge in [0.2, 0.25) is 0 Å². The summed E-state index contributed by atoms with van der Waals surface area (Å²) in [6, 6.07) is 0. The summed E-state index contributed by atoms with van der Waals surface area (Å²) in [5.74, 6) is 4.43. The Morgan fingerprint density at radius 3 is 2.29 bits per heavy atom. The van der Waals surface area contributed by atoms with Crippen LogP contribution in [0.2, 0.25) is 0 Å². The third-order valence-electron chi connectivity index (χ3n) is 10.4. The lowest BCUT2D eigenvalue weighted by Gasteiger charge is -2.62. The van der Waals surface area contributed by atoms with Gasteiger partial charge in [-0.3, -0.25) is 0 Å². The molecule has 162 valence electrons. The van der Waals surface area contributed by atoms with Crippen molar-refractivity contribution in [3.05, 3.63) is 0 Å². The summed E-state index contributed by atoms with van der Waals surface area (Å²) >= 11 is 0. The molecule has 0 bridgehead atoms. The fraction of sp³-hybridized carbons (Fsp3) is 1.00. The second kappa shape index (κ2) is 7.88. The molecule has 2 N–H and O–H groups in total. The molecule has 0 saturated heterocycles. The minimum absolute atomic E-state index is 0.181. The molecule has 0 spiro atoms. The van der Waals surface area contributed by atoms with E-state index in [1.54, 1.807) is 0 Å². The Morgan fingerprint density at radius 2 is 1.54 bits per heavy atom. The molecule has 4 aliphatic rings. The van der Waals surface area contributed by atoms with E-state index in [0.717, 1.165) is 55.3 Å². The molecule has 4 fully saturated rings. The molecule has 0 aliphatic heterocycles. The highest BCUT2D eigenvalue weighted by atomic mass is 16.3. The van der Waals surface area contributed by atoms with Crippen LogP contribution < -0.4 is 0 Å². The van der Waals surface area contributed by atoms with Gasteiger partial charge < -0.3 is 10.2 Å². The van der Waals surface area contributed by atoms with Crippen LogP contribution in [0.1, 0.15) is 105 Å². The van der Waals surface area contributed by atoms with Crippen molar-refractivity contribution < 1.29 is 10.2 Å². The molecule has 0 aromatic heterocycles. The maximum Gasteiger partial charge on any atom is 0.0577 e. The van der Waals surface area contributed by atoms with Crippen molar-refractivity contribution in [2.75, 3.05) is 0 Å². The van der Waals surface area contributed by atoms with Crippen LogP contribution in [0, 0.1) is 46.3 Å². The summed E-state index contributed by atoms with van der Waals surface area (Å²) < 4.78 is 0. The number of aliphatic hydroxyl groups excluding tert-OH is 2. The Kier molecular flexibility index (Phi) is 5.95. The van der Waals surface area contributed by atoms with Gasteiger partial charge in [-0.15, -0.1) is 0 Å². The number of unbranched alkanes of at least 4 members (excludes halogenated alkanes) is 1. The molecule has 2 nitrogen and oxygen atoms in total. The smallest absolute Gasteiger partial charge is 0.0577 e. The van der Waals surface area contributed by atoms with Gasteiger partial charge in [-0.25, -0.2) is 0 Å². The van der Waals surface area contributed by atoms with E-state index >= 15 is 0 Å². The van der Waals surface area contributed by atoms with E-state index in [1.165, 1.54) is 51.4 Å². The summed E-state index contributed by atoms with van der Waals surface area (Å²) in [6.45, 7) is 9.80. The van der Waals surface area contributed by atoms with Gasteiger partial charge in [-0.05, 0) is 104 Å². The first kappa shape index (κ1) is 21.2. The Morgan fingerprint density at radius 1 is 0.821 bits per heavy atom. The van der Waals surface area contributed by atoms with E-state index in [0.29, 0.717) is 11.3 Å². The van der Waals surface area contributed by atoms with Crippen molar-refractivity contribution >= 4 is 0 Å². The molecule has 0 aromatic rings. The Labute approximate surface area is 173 Å². The van der Waals surface area contributed by atoms with Crippen molar-refractivity contribution in [3.8, 4) is 0 Å². The zero-order valence-electron chi connectivity index (χ0n) is 19.0. The normalized spacial score (nSPS) is 50.9. The van der Waals surface area contributed by atoms with Crippen LogP contribution in [0.25, 0.3) is 0 Å². The molecular formula is C26H46O2. The van der Waals surface area contributed by atoms with Gasteiger partial charge in [0.05, 0.1) is 12.2 Å². The third kappa shape index (κ3) is 3.49. The highest BCUT2D eigenvalue weighted by molar-refractivity contribution is 5.10. The number of aliphatic hydroxyl groups is 2. The minimum atomic E-state index is -0.186. The van der Waals surface area contributed by atoms with Crippen LogP contribution in [0.4, 0.5) is 0 Å². The molecule has 0 aromatic carbocycles. The zero-order valence-corrected chi connectivity index (χ0v) is 19.0. The molecule has 4 saturated carbocycles. The van der Waals surface area contributed by atoms with Crippen molar-refractivity contribution in [3.63, 3.8) is 0 Å². The molecule has 9 atom stereocenters. The van der Waals surface area contributed by atoms with Crippen LogP contribution >= 0.6 is 0 Å². The van der Waals surface area contributed by atoms with Crippen molar-refractivity contribution in [2.45, 2.75) is 117 Å². The SMILES string of the molecule is CC(C)CCCCC1CCC2C3CC(O)C4CC(O)CCC4(C)C3CCC12C. The van der Waals surface area contributed by atoms with Gasteiger partial charge in [0.1, 0.15) is 0 Å². The lowest BCUT2D eigenvalue weighted by Crippen LogP contribution is -2.58. The maximum absolute atomic E-state index is 11.1. The molecule has 28 heavy (non-hydrogen) atoms. The molecule has 2 heteroatoms. The second-order valence-electron chi connectivity index (χ2n) is 12.2. The van der Waals surface area contributed by atoms with Crippen molar-refractivity contribution in [1.82, 2.24) is 0 Å². The predicted octanol–water partition coefficient (Wildman–Crippen LogP) is 6.19. The quantitative estimate of drug-likeness (QED) is 0.549. The summed E-state index contributed by atoms with van der Waals surface area (Å²) in [5.41, 5.74) is 0.786. The lowest BCUT2D eigenvalue weighted by atomic mass is 9.44. The molecule has 0 heterocycles. The Balaban J connectivity index is 1.46. The van der Waals surface area contributed by atoms with Crippen LogP contribution in [0.15, 0.2) is 0 Å². The van der Waals surface area contributed by atoms with E-state index in [1.807, 2.05) is 0 Å². The monoisotopic (exact) mass is 390 g/mol. The topological polar surface area (TPSA) is 40.5 Å². The molecule has 9 unspecified atom stereocenters. The van der Waals surface area contributed by atoms with E-state index in [4.69, 9.17) is 0 Å². The van der Waals surface area contributed by atoms with E-state index in [-0.39, 0.29) is 17.6 Å². The van der Waals surface area contributed by atoms with E-state index in [9.17, 15) is 10.2 Å². The van der Waals surface area contributed by atoms with Gasteiger partial charge in [0.25, 0.3) is 0 Å². The van der Waals surface area contributed by atoms with Crippen LogP contribution in [-0.4, -0.2) is 22.4 Å². The summed E-state index contributed by atoms with van der Waals surface area (Å²) in [7, 11) is 0. The van der Waals surface area contributed by atoms with Gasteiger partial charge in [0.15, 0.2) is 0 Å².